The quantitative estimate of drug-likeness (QED) is 0.646. The van der Waals surface area contributed by atoms with E-state index in [-0.39, 0.29) is 11.7 Å². The van der Waals surface area contributed by atoms with Gasteiger partial charge in [-0.25, -0.2) is 4.39 Å². The maximum atomic E-state index is 13.3. The zero-order valence-electron chi connectivity index (χ0n) is 9.63. The van der Waals surface area contributed by atoms with Crippen LogP contribution in [-0.2, 0) is 4.79 Å². The number of carbonyl (C=O) groups excluding carboxylic acids is 1. The first-order valence-electron chi connectivity index (χ1n) is 5.36. The van der Waals surface area contributed by atoms with Crippen LogP contribution in [0.5, 0.6) is 5.75 Å². The minimum atomic E-state index is -0.481. The van der Waals surface area contributed by atoms with Crippen molar-refractivity contribution in [2.75, 3.05) is 17.8 Å². The number of hydrogen-bond acceptors (Lipinski definition) is 2. The molecule has 0 radical (unpaired) electrons. The van der Waals surface area contributed by atoms with Gasteiger partial charge in [0.2, 0.25) is 5.91 Å². The van der Waals surface area contributed by atoms with Crippen LogP contribution in [0.1, 0.15) is 19.3 Å². The summed E-state index contributed by atoms with van der Waals surface area (Å²) in [5.74, 6) is -0.413. The van der Waals surface area contributed by atoms with Gasteiger partial charge in [-0.3, -0.25) is 4.79 Å². The van der Waals surface area contributed by atoms with E-state index < -0.39 is 5.82 Å². The summed E-state index contributed by atoms with van der Waals surface area (Å²) in [5.41, 5.74) is 0.451. The lowest BCUT2D eigenvalue weighted by Crippen LogP contribution is -2.11. The number of hydrogen-bond donors (Lipinski definition) is 1. The van der Waals surface area contributed by atoms with Crippen LogP contribution in [0.3, 0.4) is 0 Å². The lowest BCUT2D eigenvalue weighted by atomic mass is 10.2. The number of ether oxygens (including phenoxy) is 1. The maximum Gasteiger partial charge on any atom is 0.224 e. The van der Waals surface area contributed by atoms with Crippen molar-refractivity contribution in [1.82, 2.24) is 0 Å². The van der Waals surface area contributed by atoms with E-state index in [1.807, 2.05) is 0 Å². The molecular formula is C12H15BrFNO2. The van der Waals surface area contributed by atoms with Crippen molar-refractivity contribution >= 4 is 27.5 Å². The Kier molecular flexibility index (Phi) is 5.97. The number of nitrogens with one attached hydrogen (secondary N) is 1. The molecule has 0 atom stereocenters. The zero-order valence-corrected chi connectivity index (χ0v) is 11.2. The minimum Gasteiger partial charge on any atom is -0.494 e. The molecule has 0 aromatic heterocycles. The average Bonchev–Trinajstić information content (AvgIpc) is 2.29. The van der Waals surface area contributed by atoms with E-state index in [4.69, 9.17) is 4.74 Å². The number of halogens is 2. The summed E-state index contributed by atoms with van der Waals surface area (Å²) >= 11 is 3.30. The molecule has 17 heavy (non-hydrogen) atoms. The van der Waals surface area contributed by atoms with Crippen molar-refractivity contribution in [2.45, 2.75) is 19.3 Å². The fourth-order valence-electron chi connectivity index (χ4n) is 1.35. The van der Waals surface area contributed by atoms with Crippen LogP contribution < -0.4 is 10.1 Å². The molecule has 5 heteroatoms. The third kappa shape index (κ3) is 4.73. The van der Waals surface area contributed by atoms with Crippen LogP contribution in [0, 0.1) is 5.82 Å². The lowest BCUT2D eigenvalue weighted by molar-refractivity contribution is -0.116. The van der Waals surface area contributed by atoms with Crippen LogP contribution in [0.25, 0.3) is 0 Å². The largest absolute Gasteiger partial charge is 0.494 e. The van der Waals surface area contributed by atoms with E-state index in [0.717, 1.165) is 18.2 Å². The van der Waals surface area contributed by atoms with Gasteiger partial charge in [0, 0.05) is 23.5 Å². The molecule has 1 amide bonds. The summed E-state index contributed by atoms with van der Waals surface area (Å²) in [6.07, 6.45) is 2.21. The number of anilines is 1. The highest BCUT2D eigenvalue weighted by Crippen LogP contribution is 2.20. The summed E-state index contributed by atoms with van der Waals surface area (Å²) in [6, 6.07) is 4.36. The Labute approximate surface area is 108 Å². The van der Waals surface area contributed by atoms with Crippen molar-refractivity contribution in [3.63, 3.8) is 0 Å². The van der Waals surface area contributed by atoms with Crippen molar-refractivity contribution in [3.05, 3.63) is 24.0 Å². The molecule has 0 heterocycles. The van der Waals surface area contributed by atoms with Gasteiger partial charge in [0.25, 0.3) is 0 Å². The highest BCUT2D eigenvalue weighted by molar-refractivity contribution is 9.09. The number of methoxy groups -OCH3 is 1. The molecule has 0 aliphatic heterocycles. The molecule has 0 spiro atoms. The van der Waals surface area contributed by atoms with E-state index in [0.29, 0.717) is 12.1 Å². The molecule has 1 N–H and O–H groups in total. The summed E-state index contributed by atoms with van der Waals surface area (Å²) in [4.78, 5) is 11.5. The van der Waals surface area contributed by atoms with Crippen LogP contribution >= 0.6 is 15.9 Å². The van der Waals surface area contributed by atoms with Gasteiger partial charge in [-0.2, -0.15) is 0 Å². The molecule has 1 aromatic rings. The molecule has 0 saturated carbocycles. The predicted octanol–water partition coefficient (Wildman–Crippen LogP) is 3.34. The number of alkyl halides is 1. The second-order valence-electron chi connectivity index (χ2n) is 3.54. The second-order valence-corrected chi connectivity index (χ2v) is 4.34. The summed E-state index contributed by atoms with van der Waals surface area (Å²) in [7, 11) is 1.40. The Morgan fingerprint density at radius 2 is 2.24 bits per heavy atom. The standard InChI is InChI=1S/C12H15BrFNO2/c1-17-11-6-5-9(8-10(11)14)15-12(16)4-2-3-7-13/h5-6,8H,2-4,7H2,1H3,(H,15,16). The first-order chi connectivity index (χ1) is 8.17. The van der Waals surface area contributed by atoms with Crippen LogP contribution in [-0.4, -0.2) is 18.3 Å². The fraction of sp³-hybridized carbons (Fsp3) is 0.417. The van der Waals surface area contributed by atoms with E-state index in [1.54, 1.807) is 6.07 Å². The summed E-state index contributed by atoms with van der Waals surface area (Å²) in [5, 5.41) is 3.53. The molecule has 1 aromatic carbocycles. The number of unbranched alkanes of at least 4 members (excludes halogenated alkanes) is 1. The van der Waals surface area contributed by atoms with E-state index in [2.05, 4.69) is 21.2 Å². The maximum absolute atomic E-state index is 13.3. The molecule has 94 valence electrons. The van der Waals surface area contributed by atoms with E-state index in [9.17, 15) is 9.18 Å². The Hall–Kier alpha value is -1.10. The van der Waals surface area contributed by atoms with Crippen molar-refractivity contribution < 1.29 is 13.9 Å². The van der Waals surface area contributed by atoms with Gasteiger partial charge < -0.3 is 10.1 Å². The minimum absolute atomic E-state index is 0.101. The molecule has 1 rings (SSSR count). The molecule has 3 nitrogen and oxygen atoms in total. The average molecular weight is 304 g/mol. The van der Waals surface area contributed by atoms with Crippen molar-refractivity contribution in [1.29, 1.82) is 0 Å². The molecule has 0 fully saturated rings. The topological polar surface area (TPSA) is 38.3 Å². The molecule has 0 aliphatic carbocycles. The second kappa shape index (κ2) is 7.27. The van der Waals surface area contributed by atoms with Gasteiger partial charge in [0.05, 0.1) is 7.11 Å². The third-order valence-electron chi connectivity index (χ3n) is 2.22. The molecular weight excluding hydrogens is 289 g/mol. The molecule has 0 bridgehead atoms. The van der Waals surface area contributed by atoms with Crippen LogP contribution in [0.4, 0.5) is 10.1 Å². The Morgan fingerprint density at radius 3 is 2.82 bits per heavy atom. The first-order valence-corrected chi connectivity index (χ1v) is 6.49. The fourth-order valence-corrected chi connectivity index (χ4v) is 1.74. The third-order valence-corrected chi connectivity index (χ3v) is 2.78. The van der Waals surface area contributed by atoms with Gasteiger partial charge in [0.15, 0.2) is 11.6 Å². The van der Waals surface area contributed by atoms with Gasteiger partial charge >= 0.3 is 0 Å². The lowest BCUT2D eigenvalue weighted by Gasteiger charge is -2.07. The monoisotopic (exact) mass is 303 g/mol. The summed E-state index contributed by atoms with van der Waals surface area (Å²) in [6.45, 7) is 0. The van der Waals surface area contributed by atoms with Crippen molar-refractivity contribution in [2.24, 2.45) is 0 Å². The van der Waals surface area contributed by atoms with Gasteiger partial charge in [-0.05, 0) is 25.0 Å². The van der Waals surface area contributed by atoms with Crippen molar-refractivity contribution in [3.8, 4) is 5.75 Å². The summed E-state index contributed by atoms with van der Waals surface area (Å²) < 4.78 is 18.1. The Morgan fingerprint density at radius 1 is 1.47 bits per heavy atom. The highest BCUT2D eigenvalue weighted by Gasteiger charge is 2.06. The molecule has 0 unspecified atom stereocenters. The first kappa shape index (κ1) is 14.0. The molecule has 0 aliphatic rings. The number of rotatable bonds is 6. The number of carbonyl (C=O) groups is 1. The van der Waals surface area contributed by atoms with E-state index >= 15 is 0 Å². The number of amides is 1. The SMILES string of the molecule is COc1ccc(NC(=O)CCCCBr)cc1F. The smallest absolute Gasteiger partial charge is 0.224 e. The molecule has 0 saturated heterocycles. The Bertz CT molecular complexity index is 385. The predicted molar refractivity (Wildman–Crippen MR) is 69.2 cm³/mol. The Balaban J connectivity index is 2.51. The number of benzene rings is 1. The van der Waals surface area contributed by atoms with Crippen LogP contribution in [0.2, 0.25) is 0 Å². The van der Waals surface area contributed by atoms with E-state index in [1.165, 1.54) is 19.2 Å². The highest BCUT2D eigenvalue weighted by atomic mass is 79.9. The van der Waals surface area contributed by atoms with Gasteiger partial charge in [-0.1, -0.05) is 15.9 Å². The van der Waals surface area contributed by atoms with Gasteiger partial charge in [0.1, 0.15) is 0 Å². The van der Waals surface area contributed by atoms with Gasteiger partial charge in [-0.15, -0.1) is 0 Å². The normalized spacial score (nSPS) is 10.1. The van der Waals surface area contributed by atoms with Crippen LogP contribution in [0.15, 0.2) is 18.2 Å². The zero-order chi connectivity index (χ0) is 12.7.